The van der Waals surface area contributed by atoms with Gasteiger partial charge in [-0.2, -0.15) is 0 Å². The highest BCUT2D eigenvalue weighted by Gasteiger charge is 2.33. The lowest BCUT2D eigenvalue weighted by molar-refractivity contribution is -0.105. The van der Waals surface area contributed by atoms with Crippen molar-refractivity contribution in [3.63, 3.8) is 0 Å². The molecule has 2 nitrogen and oxygen atoms in total. The second-order valence-corrected chi connectivity index (χ2v) is 4.62. The molecule has 96 valence electrons. The summed E-state index contributed by atoms with van der Waals surface area (Å²) in [6.45, 7) is 3.32. The van der Waals surface area contributed by atoms with Crippen molar-refractivity contribution in [2.24, 2.45) is 0 Å². The second kappa shape index (κ2) is 7.17. The highest BCUT2D eigenvalue weighted by molar-refractivity contribution is 4.86. The van der Waals surface area contributed by atoms with Gasteiger partial charge in [0.2, 0.25) is 0 Å². The van der Waals surface area contributed by atoms with Crippen molar-refractivity contribution in [2.75, 3.05) is 19.7 Å². The van der Waals surface area contributed by atoms with E-state index in [0.29, 0.717) is 6.54 Å². The van der Waals surface area contributed by atoms with Crippen LogP contribution in [0.1, 0.15) is 45.4 Å². The van der Waals surface area contributed by atoms with Crippen LogP contribution in [-0.2, 0) is 4.74 Å². The third-order valence-electron chi connectivity index (χ3n) is 3.15. The number of halogens is 2. The molecule has 0 radical (unpaired) electrons. The van der Waals surface area contributed by atoms with Gasteiger partial charge in [-0.05, 0) is 25.8 Å². The van der Waals surface area contributed by atoms with E-state index in [0.717, 1.165) is 38.6 Å². The summed E-state index contributed by atoms with van der Waals surface area (Å²) >= 11 is 0. The zero-order valence-corrected chi connectivity index (χ0v) is 10.1. The Labute approximate surface area is 96.7 Å². The predicted octanol–water partition coefficient (Wildman–Crippen LogP) is 2.97. The van der Waals surface area contributed by atoms with Gasteiger partial charge in [-0.15, -0.1) is 0 Å². The van der Waals surface area contributed by atoms with Crippen molar-refractivity contribution in [1.82, 2.24) is 5.32 Å². The van der Waals surface area contributed by atoms with Gasteiger partial charge in [-0.1, -0.05) is 26.2 Å². The average Bonchev–Trinajstić information content (AvgIpc) is 2.28. The Kier molecular flexibility index (Phi) is 6.21. The third kappa shape index (κ3) is 4.74. The van der Waals surface area contributed by atoms with Gasteiger partial charge in [0.1, 0.15) is 6.61 Å². The molecule has 0 aromatic heterocycles. The van der Waals surface area contributed by atoms with Gasteiger partial charge in [0.25, 0.3) is 6.43 Å². The first-order chi connectivity index (χ1) is 7.68. The fourth-order valence-electron chi connectivity index (χ4n) is 2.30. The van der Waals surface area contributed by atoms with Crippen LogP contribution in [0.15, 0.2) is 0 Å². The highest BCUT2D eigenvalue weighted by Crippen LogP contribution is 2.31. The van der Waals surface area contributed by atoms with E-state index >= 15 is 0 Å². The Morgan fingerprint density at radius 2 is 1.94 bits per heavy atom. The monoisotopic (exact) mass is 235 g/mol. The van der Waals surface area contributed by atoms with E-state index in [1.807, 2.05) is 0 Å². The Hall–Kier alpha value is -0.220. The lowest BCUT2D eigenvalue weighted by atomic mass is 9.84. The first-order valence-corrected chi connectivity index (χ1v) is 6.31. The highest BCUT2D eigenvalue weighted by atomic mass is 19.3. The van der Waals surface area contributed by atoms with Gasteiger partial charge in [-0.3, -0.25) is 0 Å². The number of hydrogen-bond donors (Lipinski definition) is 1. The molecule has 0 bridgehead atoms. The van der Waals surface area contributed by atoms with E-state index in [2.05, 4.69) is 12.2 Å². The molecule has 1 aliphatic rings. The molecule has 0 amide bonds. The molecule has 0 saturated heterocycles. The number of nitrogens with one attached hydrogen (secondary N) is 1. The molecule has 0 spiro atoms. The number of hydrogen-bond acceptors (Lipinski definition) is 2. The lowest BCUT2D eigenvalue weighted by Gasteiger charge is -2.37. The molecule has 0 atom stereocenters. The average molecular weight is 235 g/mol. The minimum atomic E-state index is -2.36. The second-order valence-electron chi connectivity index (χ2n) is 4.62. The first kappa shape index (κ1) is 13.8. The van der Waals surface area contributed by atoms with Gasteiger partial charge in [0, 0.05) is 6.54 Å². The topological polar surface area (TPSA) is 21.3 Å². The van der Waals surface area contributed by atoms with Crippen LogP contribution >= 0.6 is 0 Å². The molecule has 1 aliphatic carbocycles. The van der Waals surface area contributed by atoms with Crippen LogP contribution in [-0.4, -0.2) is 31.7 Å². The van der Waals surface area contributed by atoms with Crippen LogP contribution < -0.4 is 5.32 Å². The Morgan fingerprint density at radius 1 is 1.25 bits per heavy atom. The van der Waals surface area contributed by atoms with Gasteiger partial charge >= 0.3 is 0 Å². The first-order valence-electron chi connectivity index (χ1n) is 6.31. The van der Waals surface area contributed by atoms with Crippen molar-refractivity contribution in [1.29, 1.82) is 0 Å². The molecule has 0 aromatic rings. The normalized spacial score (nSPS) is 20.2. The maximum absolute atomic E-state index is 12.2. The molecule has 0 aliphatic heterocycles. The molecule has 0 aromatic carbocycles. The van der Waals surface area contributed by atoms with Crippen molar-refractivity contribution in [3.8, 4) is 0 Å². The molecule has 0 heterocycles. The third-order valence-corrected chi connectivity index (χ3v) is 3.15. The van der Waals surface area contributed by atoms with Crippen molar-refractivity contribution in [3.05, 3.63) is 0 Å². The zero-order valence-electron chi connectivity index (χ0n) is 10.1. The van der Waals surface area contributed by atoms with Crippen molar-refractivity contribution < 1.29 is 13.5 Å². The summed E-state index contributed by atoms with van der Waals surface area (Å²) in [6, 6.07) is 0. The van der Waals surface area contributed by atoms with Crippen LogP contribution in [0.4, 0.5) is 8.78 Å². The van der Waals surface area contributed by atoms with E-state index in [1.165, 1.54) is 6.42 Å². The summed E-state index contributed by atoms with van der Waals surface area (Å²) in [6.07, 6.45) is 3.92. The number of ether oxygens (including phenoxy) is 1. The summed E-state index contributed by atoms with van der Waals surface area (Å²) < 4.78 is 29.9. The number of rotatable bonds is 7. The van der Waals surface area contributed by atoms with Gasteiger partial charge in [-0.25, -0.2) is 8.78 Å². The fourth-order valence-corrected chi connectivity index (χ4v) is 2.30. The number of alkyl halides is 2. The maximum Gasteiger partial charge on any atom is 0.261 e. The SMILES string of the molecule is CCCNCC1(OCC(F)F)CCCCC1. The Bertz CT molecular complexity index is 182. The van der Waals surface area contributed by atoms with Crippen LogP contribution in [0.3, 0.4) is 0 Å². The summed E-state index contributed by atoms with van der Waals surface area (Å²) in [5.41, 5.74) is -0.330. The van der Waals surface area contributed by atoms with Gasteiger partial charge in [0.15, 0.2) is 0 Å². The molecule has 1 N–H and O–H groups in total. The quantitative estimate of drug-likeness (QED) is 0.685. The zero-order chi connectivity index (χ0) is 11.9. The van der Waals surface area contributed by atoms with Gasteiger partial charge in [0.05, 0.1) is 5.60 Å². The summed E-state index contributed by atoms with van der Waals surface area (Å²) in [5, 5.41) is 3.30. The molecular formula is C12H23F2NO. The molecule has 1 fully saturated rings. The summed E-state index contributed by atoms with van der Waals surface area (Å²) in [5.74, 6) is 0. The van der Waals surface area contributed by atoms with Gasteiger partial charge < -0.3 is 10.1 Å². The van der Waals surface area contributed by atoms with Crippen LogP contribution in [0.2, 0.25) is 0 Å². The Balaban J connectivity index is 2.39. The molecular weight excluding hydrogens is 212 g/mol. The minimum Gasteiger partial charge on any atom is -0.368 e. The molecule has 1 rings (SSSR count). The lowest BCUT2D eigenvalue weighted by Crippen LogP contribution is -2.45. The van der Waals surface area contributed by atoms with E-state index in [4.69, 9.17) is 4.74 Å². The predicted molar refractivity (Wildman–Crippen MR) is 60.9 cm³/mol. The largest absolute Gasteiger partial charge is 0.368 e. The standard InChI is InChI=1S/C12H23F2NO/c1-2-8-15-10-12(16-9-11(13)14)6-4-3-5-7-12/h11,15H,2-10H2,1H3. The maximum atomic E-state index is 12.2. The van der Waals surface area contributed by atoms with E-state index in [9.17, 15) is 8.78 Å². The van der Waals surface area contributed by atoms with Crippen LogP contribution in [0.25, 0.3) is 0 Å². The molecule has 16 heavy (non-hydrogen) atoms. The minimum absolute atomic E-state index is 0.330. The van der Waals surface area contributed by atoms with E-state index in [-0.39, 0.29) is 5.60 Å². The van der Waals surface area contributed by atoms with Crippen LogP contribution in [0.5, 0.6) is 0 Å². The molecule has 1 saturated carbocycles. The summed E-state index contributed by atoms with van der Waals surface area (Å²) in [7, 11) is 0. The van der Waals surface area contributed by atoms with E-state index < -0.39 is 13.0 Å². The smallest absolute Gasteiger partial charge is 0.261 e. The molecule has 4 heteroatoms. The fraction of sp³-hybridized carbons (Fsp3) is 1.00. The van der Waals surface area contributed by atoms with E-state index in [1.54, 1.807) is 0 Å². The van der Waals surface area contributed by atoms with Crippen molar-refractivity contribution >= 4 is 0 Å². The van der Waals surface area contributed by atoms with Crippen molar-refractivity contribution in [2.45, 2.75) is 57.5 Å². The summed E-state index contributed by atoms with van der Waals surface area (Å²) in [4.78, 5) is 0. The van der Waals surface area contributed by atoms with Crippen LogP contribution in [0, 0.1) is 0 Å². The molecule has 0 unspecified atom stereocenters. The Morgan fingerprint density at radius 3 is 2.50 bits per heavy atom.